The Morgan fingerprint density at radius 1 is 1.21 bits per heavy atom. The maximum Gasteiger partial charge on any atom is 0.336 e. The van der Waals surface area contributed by atoms with Gasteiger partial charge in [-0.25, -0.2) is 4.79 Å². The number of fused-ring (bicyclic) bond motifs is 1. The summed E-state index contributed by atoms with van der Waals surface area (Å²) in [6.07, 6.45) is 1.15. The number of nitriles is 1. The Hall–Kier alpha value is -2.77. The zero-order chi connectivity index (χ0) is 17.1. The average molecular weight is 339 g/mol. The van der Waals surface area contributed by atoms with Gasteiger partial charge in [0.25, 0.3) is 0 Å². The lowest BCUT2D eigenvalue weighted by Crippen LogP contribution is -2.04. The normalized spacial score (nSPS) is 10.7. The third kappa shape index (κ3) is 2.99. The van der Waals surface area contributed by atoms with Crippen LogP contribution in [0.2, 0.25) is 5.02 Å². The van der Waals surface area contributed by atoms with Gasteiger partial charge in [0.1, 0.15) is 0 Å². The van der Waals surface area contributed by atoms with Gasteiger partial charge in [0.2, 0.25) is 0 Å². The molecule has 24 heavy (non-hydrogen) atoms. The van der Waals surface area contributed by atoms with E-state index in [9.17, 15) is 9.90 Å². The largest absolute Gasteiger partial charge is 0.478 e. The summed E-state index contributed by atoms with van der Waals surface area (Å²) in [5.74, 6) is -0.961. The SMILES string of the molecule is N#CCCCn1c(-c2ccccc2C(=O)O)cc2cc(Cl)ccc21. The van der Waals surface area contributed by atoms with E-state index in [1.165, 1.54) is 0 Å². The molecule has 4 nitrogen and oxygen atoms in total. The van der Waals surface area contributed by atoms with Crippen LogP contribution >= 0.6 is 11.6 Å². The Balaban J connectivity index is 2.21. The first kappa shape index (κ1) is 16.1. The zero-order valence-corrected chi connectivity index (χ0v) is 13.6. The Morgan fingerprint density at radius 3 is 2.75 bits per heavy atom. The van der Waals surface area contributed by atoms with Crippen LogP contribution in [0.25, 0.3) is 22.2 Å². The molecule has 120 valence electrons. The number of aromatic carboxylic acids is 1. The molecule has 1 N–H and O–H groups in total. The number of rotatable bonds is 5. The maximum atomic E-state index is 11.6. The quantitative estimate of drug-likeness (QED) is 0.668. The number of aromatic nitrogens is 1. The molecule has 0 spiro atoms. The molecule has 0 saturated heterocycles. The van der Waals surface area contributed by atoms with Gasteiger partial charge in [0.15, 0.2) is 0 Å². The van der Waals surface area contributed by atoms with Crippen LogP contribution in [0.4, 0.5) is 0 Å². The van der Waals surface area contributed by atoms with Crippen molar-refractivity contribution < 1.29 is 9.90 Å². The molecule has 0 radical (unpaired) electrons. The number of carboxylic acids is 1. The van der Waals surface area contributed by atoms with E-state index in [1.54, 1.807) is 18.2 Å². The van der Waals surface area contributed by atoms with Gasteiger partial charge < -0.3 is 9.67 Å². The molecular formula is C19H15ClN2O2. The van der Waals surface area contributed by atoms with E-state index in [0.717, 1.165) is 16.6 Å². The number of halogens is 1. The maximum absolute atomic E-state index is 11.6. The lowest BCUT2D eigenvalue weighted by Gasteiger charge is -2.12. The van der Waals surface area contributed by atoms with Crippen LogP contribution in [0.1, 0.15) is 23.2 Å². The summed E-state index contributed by atoms with van der Waals surface area (Å²) >= 11 is 6.09. The molecule has 1 aromatic heterocycles. The first-order valence-corrected chi connectivity index (χ1v) is 7.98. The molecule has 1 heterocycles. The summed E-state index contributed by atoms with van der Waals surface area (Å²) in [6, 6.07) is 16.7. The van der Waals surface area contributed by atoms with Gasteiger partial charge in [-0.15, -0.1) is 0 Å². The molecular weight excluding hydrogens is 324 g/mol. The Labute approximate surface area is 144 Å². The van der Waals surface area contributed by atoms with Crippen LogP contribution in [0.3, 0.4) is 0 Å². The summed E-state index contributed by atoms with van der Waals surface area (Å²) in [6.45, 7) is 0.641. The van der Waals surface area contributed by atoms with E-state index in [0.29, 0.717) is 30.0 Å². The van der Waals surface area contributed by atoms with E-state index in [4.69, 9.17) is 16.9 Å². The summed E-state index contributed by atoms with van der Waals surface area (Å²) in [5.41, 5.74) is 2.72. The van der Waals surface area contributed by atoms with Crippen molar-refractivity contribution in [2.24, 2.45) is 0 Å². The van der Waals surface area contributed by atoms with Crippen LogP contribution in [0.15, 0.2) is 48.5 Å². The molecule has 0 atom stereocenters. The van der Waals surface area contributed by atoms with Crippen LogP contribution in [-0.4, -0.2) is 15.6 Å². The Morgan fingerprint density at radius 2 is 2.00 bits per heavy atom. The molecule has 0 unspecified atom stereocenters. The molecule has 5 heteroatoms. The first-order valence-electron chi connectivity index (χ1n) is 7.60. The van der Waals surface area contributed by atoms with Crippen LogP contribution < -0.4 is 0 Å². The van der Waals surface area contributed by atoms with Crippen molar-refractivity contribution in [2.45, 2.75) is 19.4 Å². The zero-order valence-electron chi connectivity index (χ0n) is 12.9. The van der Waals surface area contributed by atoms with E-state index in [1.807, 2.05) is 30.3 Å². The van der Waals surface area contributed by atoms with Crippen molar-refractivity contribution in [2.75, 3.05) is 0 Å². The predicted molar refractivity (Wildman–Crippen MR) is 94.2 cm³/mol. The third-order valence-corrected chi connectivity index (χ3v) is 4.20. The lowest BCUT2D eigenvalue weighted by molar-refractivity contribution is 0.0697. The Bertz CT molecular complexity index is 954. The molecule has 0 amide bonds. The van der Waals surface area contributed by atoms with E-state index in [-0.39, 0.29) is 5.56 Å². The average Bonchev–Trinajstić information content (AvgIpc) is 2.92. The molecule has 3 aromatic rings. The summed E-state index contributed by atoms with van der Waals surface area (Å²) in [4.78, 5) is 11.6. The number of nitrogens with zero attached hydrogens (tertiary/aromatic N) is 2. The second-order valence-corrected chi connectivity index (χ2v) is 5.93. The molecule has 0 bridgehead atoms. The first-order chi connectivity index (χ1) is 11.6. The number of carbonyl (C=O) groups is 1. The number of aryl methyl sites for hydroxylation is 1. The van der Waals surface area contributed by atoms with Gasteiger partial charge in [0.05, 0.1) is 11.6 Å². The van der Waals surface area contributed by atoms with Crippen molar-refractivity contribution in [1.29, 1.82) is 5.26 Å². The minimum Gasteiger partial charge on any atom is -0.478 e. The van der Waals surface area contributed by atoms with E-state index < -0.39 is 5.97 Å². The number of carboxylic acid groups (broad SMARTS) is 1. The van der Waals surface area contributed by atoms with Gasteiger partial charge in [-0.2, -0.15) is 5.26 Å². The molecule has 0 aliphatic carbocycles. The molecule has 0 saturated carbocycles. The van der Waals surface area contributed by atoms with Crippen LogP contribution in [0.5, 0.6) is 0 Å². The lowest BCUT2D eigenvalue weighted by atomic mass is 10.0. The number of hydrogen-bond donors (Lipinski definition) is 1. The minimum absolute atomic E-state index is 0.257. The standard InChI is InChI=1S/C19H15ClN2O2/c20-14-7-8-17-13(11-14)12-18(22(17)10-4-3-9-21)15-5-1-2-6-16(15)19(23)24/h1-2,5-8,11-12H,3-4,10H2,(H,23,24). The summed E-state index contributed by atoms with van der Waals surface area (Å²) in [5, 5.41) is 19.9. The highest BCUT2D eigenvalue weighted by molar-refractivity contribution is 6.31. The number of benzene rings is 2. The second-order valence-electron chi connectivity index (χ2n) is 5.50. The second kappa shape index (κ2) is 6.77. The molecule has 3 rings (SSSR count). The number of unbranched alkanes of at least 4 members (excludes halogenated alkanes) is 1. The summed E-state index contributed by atoms with van der Waals surface area (Å²) < 4.78 is 2.06. The number of hydrogen-bond acceptors (Lipinski definition) is 2. The van der Waals surface area contributed by atoms with Gasteiger partial charge in [-0.05, 0) is 36.8 Å². The molecule has 2 aromatic carbocycles. The third-order valence-electron chi connectivity index (χ3n) is 3.97. The van der Waals surface area contributed by atoms with E-state index >= 15 is 0 Å². The Kier molecular flexibility index (Phi) is 4.54. The van der Waals surface area contributed by atoms with Gasteiger partial charge >= 0.3 is 5.97 Å². The predicted octanol–water partition coefficient (Wildman–Crippen LogP) is 4.96. The van der Waals surface area contributed by atoms with Crippen molar-refractivity contribution in [3.05, 3.63) is 59.1 Å². The van der Waals surface area contributed by atoms with Crippen LogP contribution in [0, 0.1) is 11.3 Å². The summed E-state index contributed by atoms with van der Waals surface area (Å²) in [7, 11) is 0. The molecule has 0 aliphatic heterocycles. The smallest absolute Gasteiger partial charge is 0.336 e. The van der Waals surface area contributed by atoms with Crippen LogP contribution in [-0.2, 0) is 6.54 Å². The highest BCUT2D eigenvalue weighted by Gasteiger charge is 2.16. The van der Waals surface area contributed by atoms with Crippen molar-refractivity contribution in [1.82, 2.24) is 4.57 Å². The van der Waals surface area contributed by atoms with Crippen molar-refractivity contribution >= 4 is 28.5 Å². The highest BCUT2D eigenvalue weighted by Crippen LogP contribution is 2.32. The fraction of sp³-hybridized carbons (Fsp3) is 0.158. The fourth-order valence-corrected chi connectivity index (χ4v) is 3.10. The van der Waals surface area contributed by atoms with E-state index in [2.05, 4.69) is 10.6 Å². The van der Waals surface area contributed by atoms with Crippen molar-refractivity contribution in [3.63, 3.8) is 0 Å². The van der Waals surface area contributed by atoms with Crippen molar-refractivity contribution in [3.8, 4) is 17.3 Å². The van der Waals surface area contributed by atoms with Gasteiger partial charge in [0, 0.05) is 40.1 Å². The molecule has 0 aliphatic rings. The fourth-order valence-electron chi connectivity index (χ4n) is 2.92. The monoisotopic (exact) mass is 338 g/mol. The topological polar surface area (TPSA) is 66.0 Å². The minimum atomic E-state index is -0.961. The van der Waals surface area contributed by atoms with Gasteiger partial charge in [-0.3, -0.25) is 0 Å². The highest BCUT2D eigenvalue weighted by atomic mass is 35.5. The van der Waals surface area contributed by atoms with Gasteiger partial charge in [-0.1, -0.05) is 29.8 Å². The molecule has 0 fully saturated rings.